The first-order valence-corrected chi connectivity index (χ1v) is 12.4. The first-order chi connectivity index (χ1) is 14.0. The predicted molar refractivity (Wildman–Crippen MR) is 111 cm³/mol. The summed E-state index contributed by atoms with van der Waals surface area (Å²) in [6, 6.07) is 5.07. The molecule has 29 heavy (non-hydrogen) atoms. The number of hydrogen-bond acceptors (Lipinski definition) is 4. The summed E-state index contributed by atoms with van der Waals surface area (Å²) in [6.45, 7) is 4.11. The molecule has 1 amide bonds. The maximum absolute atomic E-state index is 13.1. The van der Waals surface area contributed by atoms with Gasteiger partial charge in [0, 0.05) is 25.2 Å². The molecule has 6 nitrogen and oxygen atoms in total. The Kier molecular flexibility index (Phi) is 6.27. The maximum Gasteiger partial charge on any atom is 0.251 e. The molecule has 2 saturated carbocycles. The van der Waals surface area contributed by atoms with Crippen LogP contribution in [0.3, 0.4) is 0 Å². The van der Waals surface area contributed by atoms with E-state index in [1.165, 1.54) is 30.0 Å². The fourth-order valence-electron chi connectivity index (χ4n) is 5.36. The van der Waals surface area contributed by atoms with E-state index in [1.54, 1.807) is 18.2 Å². The Labute approximate surface area is 174 Å². The van der Waals surface area contributed by atoms with Gasteiger partial charge in [-0.3, -0.25) is 4.79 Å². The van der Waals surface area contributed by atoms with Crippen LogP contribution in [0.1, 0.15) is 54.9 Å². The molecule has 3 fully saturated rings. The standard InChI is InChI=1S/C22H32N2O4S/c1-2-17-5-6-20(15-21(17)29(26,27)24-9-11-28-12-10-24)22(25)23-8-7-19-14-16-3-4-18(19)13-16/h5-6,15-16,18-19H,2-4,7-14H2,1H3,(H,23,25). The van der Waals surface area contributed by atoms with Crippen molar-refractivity contribution in [3.05, 3.63) is 29.3 Å². The van der Waals surface area contributed by atoms with Crippen molar-refractivity contribution in [1.82, 2.24) is 9.62 Å². The number of carbonyl (C=O) groups is 1. The molecule has 1 heterocycles. The Morgan fingerprint density at radius 3 is 2.66 bits per heavy atom. The maximum atomic E-state index is 13.1. The van der Waals surface area contributed by atoms with Gasteiger partial charge in [0.1, 0.15) is 0 Å². The van der Waals surface area contributed by atoms with Crippen molar-refractivity contribution in [2.24, 2.45) is 17.8 Å². The number of carbonyl (C=O) groups excluding carboxylic acids is 1. The van der Waals surface area contributed by atoms with E-state index >= 15 is 0 Å². The molecule has 3 atom stereocenters. The first kappa shape index (κ1) is 20.8. The highest BCUT2D eigenvalue weighted by Crippen LogP contribution is 2.49. The monoisotopic (exact) mass is 420 g/mol. The molecule has 0 radical (unpaired) electrons. The van der Waals surface area contributed by atoms with Crippen molar-refractivity contribution in [3.63, 3.8) is 0 Å². The van der Waals surface area contributed by atoms with Crippen LogP contribution < -0.4 is 5.32 Å². The van der Waals surface area contributed by atoms with E-state index in [1.807, 2.05) is 6.92 Å². The van der Waals surface area contributed by atoms with E-state index in [9.17, 15) is 13.2 Å². The van der Waals surface area contributed by atoms with Crippen LogP contribution in [0.2, 0.25) is 0 Å². The van der Waals surface area contributed by atoms with Crippen LogP contribution in [0, 0.1) is 17.8 Å². The minimum absolute atomic E-state index is 0.186. The third kappa shape index (κ3) is 4.37. The zero-order chi connectivity index (χ0) is 20.4. The third-order valence-electron chi connectivity index (χ3n) is 6.98. The van der Waals surface area contributed by atoms with Crippen LogP contribution in [0.4, 0.5) is 0 Å². The number of benzene rings is 1. The average molecular weight is 421 g/mol. The fraction of sp³-hybridized carbons (Fsp3) is 0.682. The Morgan fingerprint density at radius 1 is 1.21 bits per heavy atom. The Hall–Kier alpha value is -1.44. The number of rotatable bonds is 7. The summed E-state index contributed by atoms with van der Waals surface area (Å²) < 4.78 is 33.0. The van der Waals surface area contributed by atoms with Gasteiger partial charge in [0.05, 0.1) is 18.1 Å². The second-order valence-electron chi connectivity index (χ2n) is 8.67. The normalized spacial score (nSPS) is 27.3. The molecule has 1 aliphatic heterocycles. The molecule has 1 aromatic carbocycles. The van der Waals surface area contributed by atoms with Crippen LogP contribution in [-0.4, -0.2) is 51.5 Å². The Balaban J connectivity index is 1.43. The molecule has 1 aromatic rings. The predicted octanol–water partition coefficient (Wildman–Crippen LogP) is 2.83. The molecular weight excluding hydrogens is 388 g/mol. The van der Waals surface area contributed by atoms with Crippen molar-refractivity contribution in [3.8, 4) is 0 Å². The van der Waals surface area contributed by atoms with Gasteiger partial charge in [-0.25, -0.2) is 8.42 Å². The van der Waals surface area contributed by atoms with E-state index in [2.05, 4.69) is 5.32 Å². The minimum atomic E-state index is -3.63. The average Bonchev–Trinajstić information content (AvgIpc) is 3.37. The van der Waals surface area contributed by atoms with Gasteiger partial charge < -0.3 is 10.1 Å². The number of hydrogen-bond donors (Lipinski definition) is 1. The smallest absolute Gasteiger partial charge is 0.251 e. The van der Waals surface area contributed by atoms with Gasteiger partial charge in [0.15, 0.2) is 0 Å². The highest BCUT2D eigenvalue weighted by molar-refractivity contribution is 7.89. The number of sulfonamides is 1. The van der Waals surface area contributed by atoms with E-state index < -0.39 is 10.0 Å². The van der Waals surface area contributed by atoms with Crippen molar-refractivity contribution >= 4 is 15.9 Å². The SMILES string of the molecule is CCc1ccc(C(=O)NCCC2CC3CCC2C3)cc1S(=O)(=O)N1CCOCC1. The molecule has 3 aliphatic rings. The van der Waals surface area contributed by atoms with E-state index in [4.69, 9.17) is 4.74 Å². The van der Waals surface area contributed by atoms with Crippen LogP contribution in [-0.2, 0) is 21.2 Å². The number of morpholine rings is 1. The van der Waals surface area contributed by atoms with E-state index in [-0.39, 0.29) is 10.8 Å². The zero-order valence-electron chi connectivity index (χ0n) is 17.2. The molecule has 4 rings (SSSR count). The van der Waals surface area contributed by atoms with Crippen LogP contribution in [0.15, 0.2) is 23.1 Å². The van der Waals surface area contributed by atoms with Gasteiger partial charge >= 0.3 is 0 Å². The van der Waals surface area contributed by atoms with Gasteiger partial charge in [0.2, 0.25) is 10.0 Å². The molecule has 7 heteroatoms. The van der Waals surface area contributed by atoms with E-state index in [0.29, 0.717) is 44.8 Å². The van der Waals surface area contributed by atoms with Crippen LogP contribution in [0.5, 0.6) is 0 Å². The highest BCUT2D eigenvalue weighted by Gasteiger charge is 2.38. The molecule has 3 unspecified atom stereocenters. The van der Waals surface area contributed by atoms with Crippen LogP contribution >= 0.6 is 0 Å². The number of fused-ring (bicyclic) bond motifs is 2. The topological polar surface area (TPSA) is 75.7 Å². The summed E-state index contributed by atoms with van der Waals surface area (Å²) >= 11 is 0. The quantitative estimate of drug-likeness (QED) is 0.736. The van der Waals surface area contributed by atoms with Crippen molar-refractivity contribution in [2.45, 2.75) is 50.3 Å². The van der Waals surface area contributed by atoms with Crippen molar-refractivity contribution in [2.75, 3.05) is 32.8 Å². The molecule has 1 saturated heterocycles. The van der Waals surface area contributed by atoms with Crippen LogP contribution in [0.25, 0.3) is 0 Å². The second-order valence-corrected chi connectivity index (χ2v) is 10.6. The Morgan fingerprint density at radius 2 is 2.00 bits per heavy atom. The van der Waals surface area contributed by atoms with Gasteiger partial charge in [-0.15, -0.1) is 0 Å². The molecule has 1 N–H and O–H groups in total. The van der Waals surface area contributed by atoms with Gasteiger partial charge in [0.25, 0.3) is 5.91 Å². The number of nitrogens with one attached hydrogen (secondary N) is 1. The van der Waals surface area contributed by atoms with Gasteiger partial charge in [-0.1, -0.05) is 19.4 Å². The van der Waals surface area contributed by atoms with Gasteiger partial charge in [-0.2, -0.15) is 4.31 Å². The van der Waals surface area contributed by atoms with Crippen molar-refractivity contribution < 1.29 is 17.9 Å². The summed E-state index contributed by atoms with van der Waals surface area (Å²) in [5.41, 5.74) is 1.16. The number of aryl methyl sites for hydroxylation is 1. The zero-order valence-corrected chi connectivity index (χ0v) is 18.0. The Bertz CT molecular complexity index is 848. The second kappa shape index (κ2) is 8.74. The lowest BCUT2D eigenvalue weighted by Crippen LogP contribution is -2.41. The summed E-state index contributed by atoms with van der Waals surface area (Å²) in [5, 5.41) is 3.01. The lowest BCUT2D eigenvalue weighted by atomic mass is 9.86. The number of ether oxygens (including phenoxy) is 1. The summed E-state index contributed by atoms with van der Waals surface area (Å²) in [5.74, 6) is 2.32. The largest absolute Gasteiger partial charge is 0.379 e. The van der Waals surface area contributed by atoms with Crippen molar-refractivity contribution in [1.29, 1.82) is 0 Å². The summed E-state index contributed by atoms with van der Waals surface area (Å²) in [6.07, 6.45) is 7.06. The molecule has 160 valence electrons. The summed E-state index contributed by atoms with van der Waals surface area (Å²) in [4.78, 5) is 12.9. The highest BCUT2D eigenvalue weighted by atomic mass is 32.2. The molecular formula is C22H32N2O4S. The van der Waals surface area contributed by atoms with E-state index in [0.717, 1.165) is 29.7 Å². The lowest BCUT2D eigenvalue weighted by Gasteiger charge is -2.27. The number of nitrogens with zero attached hydrogens (tertiary/aromatic N) is 1. The molecule has 0 spiro atoms. The number of amides is 1. The fourth-order valence-corrected chi connectivity index (χ4v) is 7.08. The first-order valence-electron chi connectivity index (χ1n) is 11.0. The molecule has 2 bridgehead atoms. The molecule has 0 aromatic heterocycles. The van der Waals surface area contributed by atoms with Gasteiger partial charge in [-0.05, 0) is 67.6 Å². The lowest BCUT2D eigenvalue weighted by molar-refractivity contribution is 0.0730. The minimum Gasteiger partial charge on any atom is -0.379 e. The summed E-state index contributed by atoms with van der Waals surface area (Å²) in [7, 11) is -3.63. The third-order valence-corrected chi connectivity index (χ3v) is 8.96. The molecule has 2 aliphatic carbocycles.